The van der Waals surface area contributed by atoms with Gasteiger partial charge in [-0.3, -0.25) is 19.6 Å². The van der Waals surface area contributed by atoms with Crippen LogP contribution in [0, 0.1) is 10.1 Å². The van der Waals surface area contributed by atoms with Gasteiger partial charge in [0.1, 0.15) is 5.69 Å². The molecule has 0 atom stereocenters. The van der Waals surface area contributed by atoms with Gasteiger partial charge in [-0.15, -0.1) is 0 Å². The molecule has 1 aromatic carbocycles. The molecular weight excluding hydrogens is 300 g/mol. The highest BCUT2D eigenvalue weighted by molar-refractivity contribution is 5.99. The predicted molar refractivity (Wildman–Crippen MR) is 84.0 cm³/mol. The molecule has 0 saturated heterocycles. The molecule has 1 N–H and O–H groups in total. The van der Waals surface area contributed by atoms with Crippen LogP contribution in [0.15, 0.2) is 30.5 Å². The number of rotatable bonds is 6. The highest BCUT2D eigenvalue weighted by Crippen LogP contribution is 2.25. The summed E-state index contributed by atoms with van der Waals surface area (Å²) < 4.78 is 1.52. The van der Waals surface area contributed by atoms with E-state index in [0.29, 0.717) is 23.4 Å². The van der Waals surface area contributed by atoms with Gasteiger partial charge in [-0.2, -0.15) is 5.10 Å². The number of nitrogens with zero attached hydrogens (tertiary/aromatic N) is 4. The Labute approximate surface area is 133 Å². The van der Waals surface area contributed by atoms with E-state index in [1.165, 1.54) is 21.7 Å². The van der Waals surface area contributed by atoms with Crippen molar-refractivity contribution < 1.29 is 14.8 Å². The first-order valence-corrected chi connectivity index (χ1v) is 7.16. The van der Waals surface area contributed by atoms with Crippen LogP contribution < -0.4 is 0 Å². The second-order valence-electron chi connectivity index (χ2n) is 4.98. The van der Waals surface area contributed by atoms with E-state index >= 15 is 0 Å². The van der Waals surface area contributed by atoms with E-state index < -0.39 is 4.92 Å². The molecule has 2 rings (SSSR count). The summed E-state index contributed by atoms with van der Waals surface area (Å²) in [5.41, 5.74) is 1.47. The number of carbonyl (C=O) groups is 1. The molecule has 1 heterocycles. The van der Waals surface area contributed by atoms with Gasteiger partial charge in [0.15, 0.2) is 0 Å². The summed E-state index contributed by atoms with van der Waals surface area (Å²) in [5.74, 6) is -0.233. The first kappa shape index (κ1) is 16.6. The molecule has 8 heteroatoms. The number of likely N-dealkylation sites (N-methyl/N-ethyl adjacent to an activating group) is 1. The standard InChI is InChI=1S/C15H18N4O4/c1-3-18(8-9-20)15(21)13-10-17(2)16-14(13)11-4-6-12(7-5-11)19(22)23/h4-7,10,20H,3,8-9H2,1-2H3. The van der Waals surface area contributed by atoms with E-state index in [1.807, 2.05) is 6.92 Å². The quantitative estimate of drug-likeness (QED) is 0.641. The molecule has 0 spiro atoms. The van der Waals surface area contributed by atoms with Crippen molar-refractivity contribution in [2.24, 2.45) is 7.05 Å². The summed E-state index contributed by atoms with van der Waals surface area (Å²) in [5, 5.41) is 24.1. The molecule has 1 aromatic heterocycles. The van der Waals surface area contributed by atoms with Gasteiger partial charge in [-0.25, -0.2) is 0 Å². The maximum atomic E-state index is 12.6. The number of carbonyl (C=O) groups excluding carboxylic acids is 1. The Morgan fingerprint density at radius 2 is 2.04 bits per heavy atom. The average Bonchev–Trinajstić information content (AvgIpc) is 2.94. The first-order valence-electron chi connectivity index (χ1n) is 7.16. The molecule has 0 unspecified atom stereocenters. The molecule has 0 radical (unpaired) electrons. The molecule has 0 fully saturated rings. The zero-order valence-electron chi connectivity index (χ0n) is 13.0. The third-order valence-corrected chi connectivity index (χ3v) is 3.45. The minimum absolute atomic E-state index is 0.0203. The molecule has 0 bridgehead atoms. The number of aromatic nitrogens is 2. The van der Waals surface area contributed by atoms with E-state index in [4.69, 9.17) is 5.11 Å². The molecule has 0 aliphatic heterocycles. The van der Waals surface area contributed by atoms with Gasteiger partial charge >= 0.3 is 0 Å². The zero-order valence-corrected chi connectivity index (χ0v) is 13.0. The Kier molecular flexibility index (Phi) is 5.07. The van der Waals surface area contributed by atoms with Crippen molar-refractivity contribution in [3.63, 3.8) is 0 Å². The first-order chi connectivity index (χ1) is 11.0. The molecule has 2 aromatic rings. The third-order valence-electron chi connectivity index (χ3n) is 3.45. The number of nitro benzene ring substituents is 1. The number of non-ortho nitro benzene ring substituents is 1. The van der Waals surface area contributed by atoms with Gasteiger partial charge < -0.3 is 10.0 Å². The molecule has 0 saturated carbocycles. The van der Waals surface area contributed by atoms with Crippen LogP contribution in [0.3, 0.4) is 0 Å². The lowest BCUT2D eigenvalue weighted by molar-refractivity contribution is -0.384. The lowest BCUT2D eigenvalue weighted by Gasteiger charge is -2.19. The number of benzene rings is 1. The van der Waals surface area contributed by atoms with Crippen LogP contribution in [-0.4, -0.2) is 50.3 Å². The van der Waals surface area contributed by atoms with Crippen LogP contribution in [0.1, 0.15) is 17.3 Å². The van der Waals surface area contributed by atoms with Crippen LogP contribution >= 0.6 is 0 Å². The molecule has 122 valence electrons. The van der Waals surface area contributed by atoms with Gasteiger partial charge in [0.05, 0.1) is 17.1 Å². The average molecular weight is 318 g/mol. The molecule has 8 nitrogen and oxygen atoms in total. The maximum absolute atomic E-state index is 12.6. The fraction of sp³-hybridized carbons (Fsp3) is 0.333. The van der Waals surface area contributed by atoms with Crippen molar-refractivity contribution in [3.8, 4) is 11.3 Å². The molecule has 23 heavy (non-hydrogen) atoms. The summed E-state index contributed by atoms with van der Waals surface area (Å²) >= 11 is 0. The summed E-state index contributed by atoms with van der Waals surface area (Å²) in [6, 6.07) is 5.90. The largest absolute Gasteiger partial charge is 0.395 e. The SMILES string of the molecule is CCN(CCO)C(=O)c1cn(C)nc1-c1ccc([N+](=O)[O-])cc1. The van der Waals surface area contributed by atoms with Crippen molar-refractivity contribution >= 4 is 11.6 Å². The van der Waals surface area contributed by atoms with E-state index in [9.17, 15) is 14.9 Å². The number of hydrogen-bond donors (Lipinski definition) is 1. The Bertz CT molecular complexity index is 709. The molecule has 1 amide bonds. The van der Waals surface area contributed by atoms with Crippen LogP contribution in [0.4, 0.5) is 5.69 Å². The number of aliphatic hydroxyl groups is 1. The lowest BCUT2D eigenvalue weighted by atomic mass is 10.1. The Balaban J connectivity index is 2.40. The van der Waals surface area contributed by atoms with Crippen molar-refractivity contribution in [3.05, 3.63) is 46.1 Å². The van der Waals surface area contributed by atoms with E-state index in [-0.39, 0.29) is 24.7 Å². The van der Waals surface area contributed by atoms with Gasteiger partial charge in [0, 0.05) is 44.0 Å². The van der Waals surface area contributed by atoms with E-state index in [2.05, 4.69) is 5.10 Å². The van der Waals surface area contributed by atoms with Gasteiger partial charge in [-0.1, -0.05) is 0 Å². The minimum Gasteiger partial charge on any atom is -0.395 e. The fourth-order valence-electron chi connectivity index (χ4n) is 2.29. The summed E-state index contributed by atoms with van der Waals surface area (Å²) in [7, 11) is 1.70. The van der Waals surface area contributed by atoms with Crippen LogP contribution in [0.2, 0.25) is 0 Å². The van der Waals surface area contributed by atoms with Crippen molar-refractivity contribution in [1.29, 1.82) is 0 Å². The Hall–Kier alpha value is -2.74. The van der Waals surface area contributed by atoms with Crippen LogP contribution in [0.5, 0.6) is 0 Å². The third kappa shape index (κ3) is 3.54. The van der Waals surface area contributed by atoms with Gasteiger partial charge in [0.2, 0.25) is 0 Å². The topological polar surface area (TPSA) is 102 Å². The number of hydrogen-bond acceptors (Lipinski definition) is 5. The van der Waals surface area contributed by atoms with Crippen molar-refractivity contribution in [2.75, 3.05) is 19.7 Å². The molecule has 0 aliphatic carbocycles. The van der Waals surface area contributed by atoms with E-state index in [0.717, 1.165) is 0 Å². The highest BCUT2D eigenvalue weighted by atomic mass is 16.6. The van der Waals surface area contributed by atoms with Gasteiger partial charge in [0.25, 0.3) is 11.6 Å². The number of aliphatic hydroxyl groups excluding tert-OH is 1. The second-order valence-corrected chi connectivity index (χ2v) is 4.98. The summed E-state index contributed by atoms with van der Waals surface area (Å²) in [6.07, 6.45) is 1.61. The van der Waals surface area contributed by atoms with Gasteiger partial charge in [-0.05, 0) is 19.1 Å². The lowest BCUT2D eigenvalue weighted by Crippen LogP contribution is -2.33. The van der Waals surface area contributed by atoms with Crippen LogP contribution in [0.25, 0.3) is 11.3 Å². The monoisotopic (exact) mass is 318 g/mol. The summed E-state index contributed by atoms with van der Waals surface area (Å²) in [4.78, 5) is 24.4. The number of nitro groups is 1. The highest BCUT2D eigenvalue weighted by Gasteiger charge is 2.21. The van der Waals surface area contributed by atoms with Crippen molar-refractivity contribution in [1.82, 2.24) is 14.7 Å². The summed E-state index contributed by atoms with van der Waals surface area (Å²) in [6.45, 7) is 2.42. The Morgan fingerprint density at radius 3 is 2.57 bits per heavy atom. The molecular formula is C15H18N4O4. The van der Waals surface area contributed by atoms with Crippen molar-refractivity contribution in [2.45, 2.75) is 6.92 Å². The molecule has 0 aliphatic rings. The van der Waals surface area contributed by atoms with E-state index in [1.54, 1.807) is 25.4 Å². The Morgan fingerprint density at radius 1 is 1.39 bits per heavy atom. The second kappa shape index (κ2) is 7.01. The number of amides is 1. The normalized spacial score (nSPS) is 10.6. The minimum atomic E-state index is -0.478. The fourth-order valence-corrected chi connectivity index (χ4v) is 2.29. The maximum Gasteiger partial charge on any atom is 0.269 e. The number of aryl methyl sites for hydroxylation is 1. The smallest absolute Gasteiger partial charge is 0.269 e. The predicted octanol–water partition coefficient (Wildman–Crippen LogP) is 1.45. The zero-order chi connectivity index (χ0) is 17.0. The van der Waals surface area contributed by atoms with Crippen LogP contribution in [-0.2, 0) is 7.05 Å².